The second-order valence-corrected chi connectivity index (χ2v) is 14.5. The summed E-state index contributed by atoms with van der Waals surface area (Å²) in [6.07, 6.45) is 0.0460. The third kappa shape index (κ3) is 7.47. The van der Waals surface area contributed by atoms with Crippen molar-refractivity contribution in [3.63, 3.8) is 0 Å². The van der Waals surface area contributed by atoms with Gasteiger partial charge in [0.15, 0.2) is 11.2 Å². The highest BCUT2D eigenvalue weighted by atomic mass is 32.2. The van der Waals surface area contributed by atoms with Crippen LogP contribution >= 0.6 is 23.1 Å². The lowest BCUT2D eigenvalue weighted by Crippen LogP contribution is -2.71. The highest BCUT2D eigenvalue weighted by molar-refractivity contribution is 8.00. The topological polar surface area (TPSA) is 153 Å². The third-order valence-corrected chi connectivity index (χ3v) is 9.93. The van der Waals surface area contributed by atoms with Crippen molar-refractivity contribution in [3.05, 3.63) is 124 Å². The van der Waals surface area contributed by atoms with Crippen molar-refractivity contribution >= 4 is 57.7 Å². The molecule has 3 atom stereocenters. The Morgan fingerprint density at radius 3 is 2.02 bits per heavy atom. The zero-order valence-electron chi connectivity index (χ0n) is 27.0. The smallest absolute Gasteiger partial charge is 0.408 e. The fourth-order valence-corrected chi connectivity index (χ4v) is 7.76. The largest absolute Gasteiger partial charge is 0.448 e. The summed E-state index contributed by atoms with van der Waals surface area (Å²) in [5.74, 6) is -1.46. The van der Waals surface area contributed by atoms with Gasteiger partial charge in [-0.1, -0.05) is 102 Å². The molecule has 4 aromatic rings. The van der Waals surface area contributed by atoms with Crippen molar-refractivity contribution < 1.29 is 28.7 Å². The van der Waals surface area contributed by atoms with Gasteiger partial charge >= 0.3 is 12.1 Å². The molecule has 3 heterocycles. The number of aromatic nitrogens is 1. The van der Waals surface area contributed by atoms with Crippen LogP contribution in [0.4, 0.5) is 9.93 Å². The van der Waals surface area contributed by atoms with E-state index in [4.69, 9.17) is 15.2 Å². The van der Waals surface area contributed by atoms with Gasteiger partial charge in [-0.05, 0) is 37.5 Å². The quantitative estimate of drug-likeness (QED) is 0.153. The van der Waals surface area contributed by atoms with Crippen LogP contribution in [-0.4, -0.2) is 56.5 Å². The van der Waals surface area contributed by atoms with Crippen LogP contribution in [0.2, 0.25) is 0 Å². The summed E-state index contributed by atoms with van der Waals surface area (Å²) in [5.41, 5.74) is 7.84. The number of amides is 3. The molecule has 1 saturated heterocycles. The summed E-state index contributed by atoms with van der Waals surface area (Å²) < 4.78 is 11.6. The predicted octanol–water partition coefficient (Wildman–Crippen LogP) is 5.44. The average molecular weight is 698 g/mol. The fourth-order valence-electron chi connectivity index (χ4n) is 5.58. The number of nitrogen functional groups attached to an aromatic ring is 1. The van der Waals surface area contributed by atoms with Crippen molar-refractivity contribution in [2.24, 2.45) is 0 Å². The van der Waals surface area contributed by atoms with E-state index in [1.54, 1.807) is 57.3 Å². The zero-order valence-corrected chi connectivity index (χ0v) is 28.6. The minimum atomic E-state index is -1.14. The second kappa shape index (κ2) is 14.1. The number of esters is 1. The molecule has 2 aliphatic heterocycles. The molecule has 4 N–H and O–H groups in total. The van der Waals surface area contributed by atoms with E-state index >= 15 is 0 Å². The summed E-state index contributed by atoms with van der Waals surface area (Å²) in [6, 6.07) is 25.3. The van der Waals surface area contributed by atoms with Crippen molar-refractivity contribution in [3.8, 4) is 0 Å². The standard InChI is InChI=1S/C36H35N5O6S2/c1-36(2,3)47-35(45)40-26(21-13-7-4-8-14-21)30(42)39-27-31(43)41-28(24(20-48-32(27)41)25-19-38-34(37)49-25)33(44)46-29(22-15-9-5-10-16-22)23-17-11-6-12-18-23/h4-19,26-27,29,32H,20H2,1-3H3,(H2,37,38)(H,39,42)(H,40,45)/t26-,27?,32?/m1/s1. The summed E-state index contributed by atoms with van der Waals surface area (Å²) in [7, 11) is 0. The lowest BCUT2D eigenvalue weighted by Gasteiger charge is -2.50. The SMILES string of the molecule is CC(C)(C)OC(=O)N[C@@H](C(=O)NC1C(=O)N2C(C(=O)OC(c3ccccc3)c3ccccc3)=C(c3cnc(N)s3)CSC12)c1ccccc1. The molecule has 1 aromatic heterocycles. The summed E-state index contributed by atoms with van der Waals surface area (Å²) in [4.78, 5) is 60.8. The maximum absolute atomic E-state index is 14.3. The monoisotopic (exact) mass is 697 g/mol. The number of nitrogens with one attached hydrogen (secondary N) is 2. The normalized spacial score (nSPS) is 17.9. The van der Waals surface area contributed by atoms with Crippen LogP contribution in [0, 0.1) is 0 Å². The number of rotatable bonds is 9. The molecule has 6 rings (SSSR count). The molecule has 252 valence electrons. The van der Waals surface area contributed by atoms with E-state index in [9.17, 15) is 19.2 Å². The number of fused-ring (bicyclic) bond motifs is 1. The van der Waals surface area contributed by atoms with Crippen molar-refractivity contribution in [2.45, 2.75) is 49.9 Å². The van der Waals surface area contributed by atoms with Crippen LogP contribution in [-0.2, 0) is 23.9 Å². The number of anilines is 1. The van der Waals surface area contributed by atoms with Gasteiger partial charge in [0.05, 0.1) is 4.88 Å². The van der Waals surface area contributed by atoms with Crippen LogP contribution in [0.5, 0.6) is 0 Å². The summed E-state index contributed by atoms with van der Waals surface area (Å²) in [6.45, 7) is 5.16. The molecular formula is C36H35N5O6S2. The number of ether oxygens (including phenoxy) is 2. The number of hydrogen-bond acceptors (Lipinski definition) is 10. The number of thioether (sulfide) groups is 1. The number of carbonyl (C=O) groups excluding carboxylic acids is 4. The van der Waals surface area contributed by atoms with Gasteiger partial charge < -0.3 is 25.8 Å². The number of nitrogens with two attached hydrogens (primary N) is 1. The van der Waals surface area contributed by atoms with Gasteiger partial charge in [-0.3, -0.25) is 14.5 Å². The first-order valence-electron chi connectivity index (χ1n) is 15.6. The highest BCUT2D eigenvalue weighted by Crippen LogP contribution is 2.45. The van der Waals surface area contributed by atoms with E-state index < -0.39 is 53.0 Å². The van der Waals surface area contributed by atoms with Gasteiger partial charge in [-0.2, -0.15) is 0 Å². The number of carbonyl (C=O) groups is 4. The van der Waals surface area contributed by atoms with E-state index in [-0.39, 0.29) is 5.70 Å². The number of thiazole rings is 1. The highest BCUT2D eigenvalue weighted by Gasteiger charge is 2.55. The van der Waals surface area contributed by atoms with Crippen molar-refractivity contribution in [1.29, 1.82) is 0 Å². The molecule has 13 heteroatoms. The van der Waals surface area contributed by atoms with Gasteiger partial charge in [-0.25, -0.2) is 14.6 Å². The minimum absolute atomic E-state index is 0.0752. The van der Waals surface area contributed by atoms with Gasteiger partial charge in [0, 0.05) is 17.5 Å². The number of hydrogen-bond donors (Lipinski definition) is 3. The van der Waals surface area contributed by atoms with Crippen LogP contribution in [0.1, 0.15) is 54.5 Å². The van der Waals surface area contributed by atoms with E-state index in [1.807, 2.05) is 60.7 Å². The van der Waals surface area contributed by atoms with Gasteiger partial charge in [0.1, 0.15) is 28.8 Å². The first-order valence-corrected chi connectivity index (χ1v) is 17.4. The fraction of sp³-hybridized carbons (Fsp3) is 0.250. The maximum atomic E-state index is 14.3. The first-order chi connectivity index (χ1) is 23.5. The predicted molar refractivity (Wildman–Crippen MR) is 188 cm³/mol. The Labute approximate surface area is 291 Å². The van der Waals surface area contributed by atoms with Crippen LogP contribution < -0.4 is 16.4 Å². The Morgan fingerprint density at radius 1 is 0.918 bits per heavy atom. The van der Waals surface area contributed by atoms with Gasteiger partial charge in [0.2, 0.25) is 5.91 Å². The molecule has 2 unspecified atom stereocenters. The van der Waals surface area contributed by atoms with E-state index in [0.717, 1.165) is 11.1 Å². The van der Waals surface area contributed by atoms with Crippen LogP contribution in [0.15, 0.2) is 103 Å². The molecule has 0 radical (unpaired) electrons. The van der Waals surface area contributed by atoms with Crippen LogP contribution in [0.25, 0.3) is 5.57 Å². The van der Waals surface area contributed by atoms with Crippen LogP contribution in [0.3, 0.4) is 0 Å². The average Bonchev–Trinajstić information content (AvgIpc) is 3.53. The maximum Gasteiger partial charge on any atom is 0.408 e. The molecule has 2 aliphatic rings. The zero-order chi connectivity index (χ0) is 34.7. The Morgan fingerprint density at radius 2 is 1.49 bits per heavy atom. The molecule has 0 aliphatic carbocycles. The molecule has 0 spiro atoms. The number of nitrogens with zero attached hydrogens (tertiary/aromatic N) is 2. The molecule has 0 bridgehead atoms. The Kier molecular flexibility index (Phi) is 9.74. The molecule has 1 fully saturated rings. The number of benzene rings is 3. The number of β-lactam (4-membered cyclic amide) rings is 1. The molecule has 3 aromatic carbocycles. The Bertz CT molecular complexity index is 1840. The minimum Gasteiger partial charge on any atom is -0.448 e. The molecule has 49 heavy (non-hydrogen) atoms. The molecule has 11 nitrogen and oxygen atoms in total. The third-order valence-electron chi connectivity index (χ3n) is 7.77. The Hall–Kier alpha value is -5.14. The molecule has 3 amide bonds. The summed E-state index contributed by atoms with van der Waals surface area (Å²) >= 11 is 2.60. The lowest BCUT2D eigenvalue weighted by atomic mass is 9.99. The van der Waals surface area contributed by atoms with E-state index in [1.165, 1.54) is 28.0 Å². The van der Waals surface area contributed by atoms with E-state index in [2.05, 4.69) is 15.6 Å². The van der Waals surface area contributed by atoms with Crippen molar-refractivity contribution in [2.75, 3.05) is 11.5 Å². The van der Waals surface area contributed by atoms with E-state index in [0.29, 0.717) is 26.9 Å². The lowest BCUT2D eigenvalue weighted by molar-refractivity contribution is -0.154. The van der Waals surface area contributed by atoms with Gasteiger partial charge in [0.25, 0.3) is 5.91 Å². The number of alkyl carbamates (subject to hydrolysis) is 1. The van der Waals surface area contributed by atoms with Gasteiger partial charge in [-0.15, -0.1) is 11.8 Å². The second-order valence-electron chi connectivity index (χ2n) is 12.4. The van der Waals surface area contributed by atoms with Crippen molar-refractivity contribution in [1.82, 2.24) is 20.5 Å². The first kappa shape index (κ1) is 33.7. The molecule has 0 saturated carbocycles. The Balaban J connectivity index is 1.28. The summed E-state index contributed by atoms with van der Waals surface area (Å²) in [5, 5.41) is 5.16. The molecular weight excluding hydrogens is 663 g/mol.